The van der Waals surface area contributed by atoms with Crippen LogP contribution in [-0.4, -0.2) is 38.8 Å². The van der Waals surface area contributed by atoms with Gasteiger partial charge in [-0.05, 0) is 0 Å². The number of ether oxygens (including phenoxy) is 2. The minimum atomic E-state index is -0.766. The monoisotopic (exact) mass is 200 g/mol. The van der Waals surface area contributed by atoms with Gasteiger partial charge in [0.15, 0.2) is 5.60 Å². The minimum Gasteiger partial charge on any atom is -0.462 e. The van der Waals surface area contributed by atoms with Crippen LogP contribution in [0.2, 0.25) is 0 Å². The van der Waals surface area contributed by atoms with Crippen molar-refractivity contribution in [3.05, 3.63) is 0 Å². The number of hydrogen-bond donors (Lipinski definition) is 0. The van der Waals surface area contributed by atoms with Crippen molar-refractivity contribution in [1.82, 2.24) is 0 Å². The number of carbonyl (C=O) groups is 2. The lowest BCUT2D eigenvalue weighted by Gasteiger charge is -2.26. The summed E-state index contributed by atoms with van der Waals surface area (Å²) in [5.74, 6) is -0.655. The third-order valence-corrected chi connectivity index (χ3v) is 2.06. The highest BCUT2D eigenvalue weighted by Crippen LogP contribution is 2.27. The first-order chi connectivity index (χ1) is 6.58. The predicted molar refractivity (Wildman–Crippen MR) is 49.2 cm³/mol. The second-order valence-electron chi connectivity index (χ2n) is 3.37. The minimum absolute atomic E-state index is 0.0713. The molecule has 0 bridgehead atoms. The van der Waals surface area contributed by atoms with E-state index in [0.29, 0.717) is 12.8 Å². The van der Waals surface area contributed by atoms with Crippen LogP contribution in [0.3, 0.4) is 0 Å². The van der Waals surface area contributed by atoms with Crippen LogP contribution in [0, 0.1) is 0 Å². The van der Waals surface area contributed by atoms with Crippen LogP contribution < -0.4 is 0 Å². The highest BCUT2D eigenvalue weighted by Gasteiger charge is 2.41. The van der Waals surface area contributed by atoms with Gasteiger partial charge in [0, 0.05) is 19.8 Å². The summed E-state index contributed by atoms with van der Waals surface area (Å²) in [4.78, 5) is 21.6. The largest absolute Gasteiger partial charge is 0.462 e. The summed E-state index contributed by atoms with van der Waals surface area (Å²) >= 11 is 0. The molecule has 0 aromatic rings. The van der Waals surface area contributed by atoms with E-state index in [-0.39, 0.29) is 25.2 Å². The summed E-state index contributed by atoms with van der Waals surface area (Å²) < 4.78 is 14.9. The lowest BCUT2D eigenvalue weighted by Crippen LogP contribution is -2.40. The van der Waals surface area contributed by atoms with Crippen molar-refractivity contribution in [1.29, 1.82) is 0 Å². The molecule has 0 aliphatic carbocycles. The molecule has 0 amide bonds. The Morgan fingerprint density at radius 2 is 2.36 bits per heavy atom. The van der Waals surface area contributed by atoms with E-state index in [1.165, 1.54) is 15.0 Å². The first kappa shape index (κ1) is 11.0. The molecular formula is C8H13BO5. The maximum atomic E-state index is 11.0. The fourth-order valence-electron chi connectivity index (χ4n) is 1.41. The summed E-state index contributed by atoms with van der Waals surface area (Å²) in [5.41, 5.74) is -0.766. The molecule has 1 unspecified atom stereocenters. The molecule has 0 radical (unpaired) electrons. The summed E-state index contributed by atoms with van der Waals surface area (Å²) in [5, 5.41) is 0. The zero-order valence-corrected chi connectivity index (χ0v) is 8.37. The molecule has 1 atom stereocenters. The first-order valence-corrected chi connectivity index (χ1v) is 4.42. The molecule has 0 spiro atoms. The SMILES string of the molecule is BOCC1(COC(C)=O)CCC(=O)O1. The zero-order valence-electron chi connectivity index (χ0n) is 8.37. The molecular weight excluding hydrogens is 187 g/mol. The van der Waals surface area contributed by atoms with Crippen molar-refractivity contribution in [3.8, 4) is 0 Å². The molecule has 1 rings (SSSR count). The number of rotatable bonds is 4. The molecule has 14 heavy (non-hydrogen) atoms. The van der Waals surface area contributed by atoms with Crippen molar-refractivity contribution in [2.24, 2.45) is 0 Å². The highest BCUT2D eigenvalue weighted by atomic mass is 16.6. The summed E-state index contributed by atoms with van der Waals surface area (Å²) in [7, 11) is 1.52. The van der Waals surface area contributed by atoms with Crippen LogP contribution in [0.5, 0.6) is 0 Å². The van der Waals surface area contributed by atoms with Gasteiger partial charge < -0.3 is 14.1 Å². The van der Waals surface area contributed by atoms with Gasteiger partial charge in [-0.1, -0.05) is 0 Å². The molecule has 5 nitrogen and oxygen atoms in total. The van der Waals surface area contributed by atoms with Crippen LogP contribution in [0.1, 0.15) is 19.8 Å². The average Bonchev–Trinajstić information content (AvgIpc) is 2.46. The van der Waals surface area contributed by atoms with Gasteiger partial charge in [-0.15, -0.1) is 0 Å². The van der Waals surface area contributed by atoms with Crippen LogP contribution in [0.25, 0.3) is 0 Å². The molecule has 1 aliphatic heterocycles. The topological polar surface area (TPSA) is 61.8 Å². The molecule has 1 heterocycles. The summed E-state index contributed by atoms with van der Waals surface area (Å²) in [6.07, 6.45) is 0.886. The Morgan fingerprint density at radius 1 is 1.64 bits per heavy atom. The lowest BCUT2D eigenvalue weighted by molar-refractivity contribution is -0.164. The second-order valence-corrected chi connectivity index (χ2v) is 3.37. The van der Waals surface area contributed by atoms with E-state index in [0.717, 1.165) is 0 Å². The Bertz CT molecular complexity index is 242. The van der Waals surface area contributed by atoms with Gasteiger partial charge in [0.05, 0.1) is 6.61 Å². The predicted octanol–water partition coefficient (Wildman–Crippen LogP) is -0.810. The molecule has 0 aromatic carbocycles. The van der Waals surface area contributed by atoms with E-state index in [9.17, 15) is 9.59 Å². The zero-order chi connectivity index (χ0) is 10.6. The maximum absolute atomic E-state index is 11.0. The molecule has 1 fully saturated rings. The normalized spacial score (nSPS) is 25.9. The first-order valence-electron chi connectivity index (χ1n) is 4.42. The van der Waals surface area contributed by atoms with Crippen LogP contribution >= 0.6 is 0 Å². The lowest BCUT2D eigenvalue weighted by atomic mass is 10.0. The highest BCUT2D eigenvalue weighted by molar-refractivity contribution is 5.98. The fraction of sp³-hybridized carbons (Fsp3) is 0.750. The van der Waals surface area contributed by atoms with E-state index in [1.807, 2.05) is 0 Å². The molecule has 1 saturated heterocycles. The van der Waals surface area contributed by atoms with Crippen LogP contribution in [-0.2, 0) is 23.7 Å². The number of esters is 2. The summed E-state index contributed by atoms with van der Waals surface area (Å²) in [6, 6.07) is 0. The fourth-order valence-corrected chi connectivity index (χ4v) is 1.41. The molecule has 1 aliphatic rings. The van der Waals surface area contributed by atoms with Crippen molar-refractivity contribution in [2.45, 2.75) is 25.4 Å². The van der Waals surface area contributed by atoms with Crippen LogP contribution in [0.4, 0.5) is 0 Å². The molecule has 6 heteroatoms. The molecule has 78 valence electrons. The number of hydrogen-bond acceptors (Lipinski definition) is 5. The van der Waals surface area contributed by atoms with Crippen molar-refractivity contribution >= 4 is 20.0 Å². The number of carbonyl (C=O) groups excluding carboxylic acids is 2. The Kier molecular flexibility index (Phi) is 3.52. The Morgan fingerprint density at radius 3 is 2.79 bits per heavy atom. The van der Waals surface area contributed by atoms with E-state index < -0.39 is 5.60 Å². The van der Waals surface area contributed by atoms with Crippen molar-refractivity contribution in [2.75, 3.05) is 13.2 Å². The van der Waals surface area contributed by atoms with Gasteiger partial charge in [0.25, 0.3) is 8.05 Å². The van der Waals surface area contributed by atoms with Gasteiger partial charge in [-0.2, -0.15) is 0 Å². The summed E-state index contributed by atoms with van der Waals surface area (Å²) in [6.45, 7) is 1.64. The molecule has 0 N–H and O–H groups in total. The molecule has 0 aromatic heterocycles. The average molecular weight is 200 g/mol. The number of cyclic esters (lactones) is 1. The van der Waals surface area contributed by atoms with E-state index in [4.69, 9.17) is 14.1 Å². The van der Waals surface area contributed by atoms with Gasteiger partial charge in [0.1, 0.15) is 6.61 Å². The van der Waals surface area contributed by atoms with Crippen molar-refractivity contribution < 1.29 is 23.7 Å². The standard InChI is InChI=1S/C8H13BO5/c1-6(10)12-4-8(5-13-9)3-2-7(11)14-8/h2-5,9H2,1H3. The third kappa shape index (κ3) is 2.73. The quantitative estimate of drug-likeness (QED) is 0.438. The second kappa shape index (κ2) is 4.46. The Labute approximate surface area is 83.1 Å². The molecule has 0 saturated carbocycles. The van der Waals surface area contributed by atoms with E-state index in [1.54, 1.807) is 0 Å². The van der Waals surface area contributed by atoms with Crippen molar-refractivity contribution in [3.63, 3.8) is 0 Å². The van der Waals surface area contributed by atoms with Gasteiger partial charge in [0.2, 0.25) is 0 Å². The van der Waals surface area contributed by atoms with Gasteiger partial charge in [-0.3, -0.25) is 9.59 Å². The van der Waals surface area contributed by atoms with E-state index >= 15 is 0 Å². The maximum Gasteiger partial charge on any atom is 0.306 e. The Balaban J connectivity index is 2.53. The van der Waals surface area contributed by atoms with E-state index in [2.05, 4.69) is 0 Å². The van der Waals surface area contributed by atoms with Gasteiger partial charge >= 0.3 is 11.9 Å². The van der Waals surface area contributed by atoms with Gasteiger partial charge in [-0.25, -0.2) is 0 Å². The van der Waals surface area contributed by atoms with Crippen LogP contribution in [0.15, 0.2) is 0 Å². The smallest absolute Gasteiger partial charge is 0.306 e. The third-order valence-electron chi connectivity index (χ3n) is 2.06. The Hall–Kier alpha value is -1.04.